The van der Waals surface area contributed by atoms with Gasteiger partial charge in [0, 0.05) is 23.9 Å². The Hall–Kier alpha value is -3.11. The van der Waals surface area contributed by atoms with Crippen molar-refractivity contribution in [2.45, 2.75) is 23.9 Å². The molecule has 1 aromatic heterocycles. The lowest BCUT2D eigenvalue weighted by Gasteiger charge is -2.37. The van der Waals surface area contributed by atoms with Crippen molar-refractivity contribution >= 4 is 41.1 Å². The quantitative estimate of drug-likeness (QED) is 0.219. The lowest BCUT2D eigenvalue weighted by atomic mass is 10.1. The maximum absolute atomic E-state index is 12.9. The van der Waals surface area contributed by atoms with Gasteiger partial charge in [-0.25, -0.2) is 9.78 Å². The Balaban J connectivity index is 1.54. The number of rotatable bonds is 6. The zero-order valence-electron chi connectivity index (χ0n) is 15.7. The van der Waals surface area contributed by atoms with Crippen molar-refractivity contribution in [1.82, 2.24) is 9.88 Å². The molecule has 1 saturated heterocycles. The largest absolute Gasteiger partial charge is 0.456 e. The first-order chi connectivity index (χ1) is 14.5. The first-order valence-corrected chi connectivity index (χ1v) is 10.6. The number of β-lactam (4-membered cyclic amide) rings is 1. The molecular weight excluding hydrogens is 426 g/mol. The molecule has 2 aliphatic rings. The Bertz CT molecular complexity index is 1080. The first-order valence-electron chi connectivity index (χ1n) is 8.89. The Labute approximate surface area is 180 Å². The molecule has 1 fully saturated rings. The third-order valence-corrected chi connectivity index (χ3v) is 6.94. The molecule has 3 heterocycles. The third-order valence-electron chi connectivity index (χ3n) is 4.48. The van der Waals surface area contributed by atoms with Crippen molar-refractivity contribution in [2.24, 2.45) is 0 Å². The van der Waals surface area contributed by atoms with E-state index < -0.39 is 10.9 Å². The summed E-state index contributed by atoms with van der Waals surface area (Å²) in [7, 11) is 0. The molecule has 10 heteroatoms. The van der Waals surface area contributed by atoms with Crippen LogP contribution in [0.2, 0.25) is 0 Å². The maximum atomic E-state index is 12.9. The monoisotopic (exact) mass is 441 g/mol. The van der Waals surface area contributed by atoms with Gasteiger partial charge in [0.15, 0.2) is 5.70 Å². The van der Waals surface area contributed by atoms with E-state index in [9.17, 15) is 19.7 Å². The number of thioether (sulfide) groups is 2. The number of benzene rings is 1. The molecule has 0 bridgehead atoms. The van der Waals surface area contributed by atoms with Crippen molar-refractivity contribution in [3.05, 3.63) is 85.9 Å². The van der Waals surface area contributed by atoms with E-state index in [4.69, 9.17) is 4.74 Å². The number of ether oxygens (including phenoxy) is 1. The van der Waals surface area contributed by atoms with Gasteiger partial charge in [-0.15, -0.1) is 0 Å². The number of pyridine rings is 1. The normalized spacial score (nSPS) is 19.0. The third kappa shape index (κ3) is 3.71. The standard InChI is InChI=1S/C20H15N3O5S2/c1-2-14-17(24)22-16(20(30-18(14)22)29-15-5-3-4-10-21-15)19(25)28-11-12-6-8-13(9-7-12)23(26)27/h2-10,18H,11H2,1H3/b14-2+/t18-/m1/s1. The van der Waals surface area contributed by atoms with E-state index in [1.165, 1.54) is 52.7 Å². The number of fused-ring (bicyclic) bond motifs is 1. The average Bonchev–Trinajstić information content (AvgIpc) is 3.08. The van der Waals surface area contributed by atoms with Crippen LogP contribution in [0.4, 0.5) is 5.69 Å². The zero-order valence-corrected chi connectivity index (χ0v) is 17.3. The van der Waals surface area contributed by atoms with Crippen LogP contribution in [0.15, 0.2) is 75.3 Å². The second-order valence-corrected chi connectivity index (χ2v) is 8.67. The minimum Gasteiger partial charge on any atom is -0.456 e. The number of amides is 1. The summed E-state index contributed by atoms with van der Waals surface area (Å²) in [6.45, 7) is 1.73. The smallest absolute Gasteiger partial charge is 0.357 e. The molecule has 4 rings (SSSR count). The van der Waals surface area contributed by atoms with Gasteiger partial charge in [0.05, 0.1) is 9.16 Å². The molecule has 0 N–H and O–H groups in total. The highest BCUT2D eigenvalue weighted by Gasteiger charge is 2.52. The van der Waals surface area contributed by atoms with Gasteiger partial charge in [-0.2, -0.15) is 0 Å². The Morgan fingerprint density at radius 2 is 2.10 bits per heavy atom. The maximum Gasteiger partial charge on any atom is 0.357 e. The summed E-state index contributed by atoms with van der Waals surface area (Å²) in [5, 5.41) is 11.2. The number of esters is 1. The molecule has 0 unspecified atom stereocenters. The van der Waals surface area contributed by atoms with Crippen molar-refractivity contribution in [3.63, 3.8) is 0 Å². The topological polar surface area (TPSA) is 103 Å². The molecular formula is C20H15N3O5S2. The van der Waals surface area contributed by atoms with Crippen LogP contribution in [0.5, 0.6) is 0 Å². The van der Waals surface area contributed by atoms with Crippen LogP contribution in [0.25, 0.3) is 0 Å². The molecule has 2 aromatic rings. The summed E-state index contributed by atoms with van der Waals surface area (Å²) < 4.78 is 6.07. The minimum absolute atomic E-state index is 0.0399. The summed E-state index contributed by atoms with van der Waals surface area (Å²) in [6.07, 6.45) is 3.41. The number of nitro groups is 1. The molecule has 0 radical (unpaired) electrons. The number of non-ortho nitro benzene ring substituents is 1. The Morgan fingerprint density at radius 1 is 1.33 bits per heavy atom. The van der Waals surface area contributed by atoms with Crippen molar-refractivity contribution in [2.75, 3.05) is 0 Å². The van der Waals surface area contributed by atoms with Crippen molar-refractivity contribution < 1.29 is 19.2 Å². The van der Waals surface area contributed by atoms with Gasteiger partial charge >= 0.3 is 5.97 Å². The molecule has 1 atom stereocenters. The molecule has 30 heavy (non-hydrogen) atoms. The number of carbonyl (C=O) groups is 2. The lowest BCUT2D eigenvalue weighted by Crippen LogP contribution is -2.51. The van der Waals surface area contributed by atoms with E-state index in [1.54, 1.807) is 25.3 Å². The summed E-state index contributed by atoms with van der Waals surface area (Å²) in [6, 6.07) is 11.2. The van der Waals surface area contributed by atoms with Gasteiger partial charge in [-0.1, -0.05) is 35.7 Å². The lowest BCUT2D eigenvalue weighted by molar-refractivity contribution is -0.384. The van der Waals surface area contributed by atoms with E-state index in [-0.39, 0.29) is 29.3 Å². The van der Waals surface area contributed by atoms with Crippen LogP contribution in [0, 0.1) is 10.1 Å². The summed E-state index contributed by atoms with van der Waals surface area (Å²) in [5.41, 5.74) is 1.43. The Morgan fingerprint density at radius 3 is 2.73 bits per heavy atom. The molecule has 1 aromatic carbocycles. The second kappa shape index (κ2) is 8.33. The molecule has 2 aliphatic heterocycles. The van der Waals surface area contributed by atoms with Gasteiger partial charge in [-0.3, -0.25) is 19.8 Å². The fourth-order valence-corrected chi connectivity index (χ4v) is 5.59. The summed E-state index contributed by atoms with van der Waals surface area (Å²) in [5.74, 6) is -0.834. The van der Waals surface area contributed by atoms with Crippen molar-refractivity contribution in [3.8, 4) is 0 Å². The molecule has 1 amide bonds. The van der Waals surface area contributed by atoms with Gasteiger partial charge in [0.25, 0.3) is 11.6 Å². The first kappa shape index (κ1) is 20.2. The number of aromatic nitrogens is 1. The number of hydrogen-bond donors (Lipinski definition) is 0. The van der Waals surface area contributed by atoms with E-state index >= 15 is 0 Å². The molecule has 0 aliphatic carbocycles. The van der Waals surface area contributed by atoms with Gasteiger partial charge < -0.3 is 4.74 Å². The Kier molecular flexibility index (Phi) is 5.60. The zero-order chi connectivity index (χ0) is 21.3. The van der Waals surface area contributed by atoms with Crippen LogP contribution < -0.4 is 0 Å². The fourth-order valence-electron chi connectivity index (χ4n) is 2.97. The average molecular weight is 441 g/mol. The SMILES string of the molecule is C/C=C1\C(=O)N2C(C(=O)OCc3ccc([N+](=O)[O-])cc3)=C(Sc3ccccn3)S[C@H]12. The number of nitro benzene ring substituents is 1. The van der Waals surface area contributed by atoms with Gasteiger partial charge in [-0.05, 0) is 36.8 Å². The summed E-state index contributed by atoms with van der Waals surface area (Å²) >= 11 is 2.73. The summed E-state index contributed by atoms with van der Waals surface area (Å²) in [4.78, 5) is 41.3. The minimum atomic E-state index is -0.620. The van der Waals surface area contributed by atoms with Crippen LogP contribution >= 0.6 is 23.5 Å². The highest BCUT2D eigenvalue weighted by atomic mass is 32.2. The number of hydrogen-bond acceptors (Lipinski definition) is 8. The van der Waals surface area contributed by atoms with E-state index in [1.807, 2.05) is 12.1 Å². The van der Waals surface area contributed by atoms with Crippen LogP contribution in [0.3, 0.4) is 0 Å². The number of carbonyl (C=O) groups excluding carboxylic acids is 2. The van der Waals surface area contributed by atoms with Crippen LogP contribution in [0.1, 0.15) is 12.5 Å². The highest BCUT2D eigenvalue weighted by Crippen LogP contribution is 2.54. The van der Waals surface area contributed by atoms with Gasteiger partial charge in [0.1, 0.15) is 17.0 Å². The van der Waals surface area contributed by atoms with Gasteiger partial charge in [0.2, 0.25) is 0 Å². The molecule has 0 saturated carbocycles. The van der Waals surface area contributed by atoms with E-state index in [0.717, 1.165) is 0 Å². The number of nitrogens with zero attached hydrogens (tertiary/aromatic N) is 3. The fraction of sp³-hybridized carbons (Fsp3) is 0.150. The second-order valence-electron chi connectivity index (χ2n) is 6.30. The number of allylic oxidation sites excluding steroid dienone is 1. The van der Waals surface area contributed by atoms with E-state index in [0.29, 0.717) is 20.4 Å². The van der Waals surface area contributed by atoms with Crippen LogP contribution in [-0.4, -0.2) is 32.1 Å². The van der Waals surface area contributed by atoms with E-state index in [2.05, 4.69) is 4.98 Å². The predicted molar refractivity (Wildman–Crippen MR) is 112 cm³/mol. The predicted octanol–water partition coefficient (Wildman–Crippen LogP) is 3.86. The molecule has 152 valence electrons. The highest BCUT2D eigenvalue weighted by molar-refractivity contribution is 8.22. The molecule has 0 spiro atoms. The van der Waals surface area contributed by atoms with Crippen molar-refractivity contribution in [1.29, 1.82) is 0 Å². The molecule has 8 nitrogen and oxygen atoms in total. The van der Waals surface area contributed by atoms with Crippen LogP contribution in [-0.2, 0) is 20.9 Å².